The van der Waals surface area contributed by atoms with Crippen molar-refractivity contribution in [2.24, 2.45) is 4.99 Å². The molecule has 8 heteroatoms. The Hall–Kier alpha value is -2.15. The van der Waals surface area contributed by atoms with Gasteiger partial charge >= 0.3 is 0 Å². The van der Waals surface area contributed by atoms with Crippen molar-refractivity contribution in [2.45, 2.75) is 39.2 Å². The number of carbonyl (C=O) groups is 1. The molecule has 7 nitrogen and oxygen atoms in total. The lowest BCUT2D eigenvalue weighted by Crippen LogP contribution is -2.44. The molecule has 1 aromatic rings. The van der Waals surface area contributed by atoms with Gasteiger partial charge in [-0.15, -0.1) is 0 Å². The number of guanidine groups is 1. The normalized spacial score (nSPS) is 16.8. The summed E-state index contributed by atoms with van der Waals surface area (Å²) in [6.07, 6.45) is 2.32. The van der Waals surface area contributed by atoms with Crippen LogP contribution >= 0.6 is 11.6 Å². The molecule has 2 rings (SSSR count). The van der Waals surface area contributed by atoms with Gasteiger partial charge in [0.1, 0.15) is 5.75 Å². The summed E-state index contributed by atoms with van der Waals surface area (Å²) in [5, 5.41) is 10.3. The zero-order chi connectivity index (χ0) is 20.4. The molecule has 1 amide bonds. The van der Waals surface area contributed by atoms with Crippen LogP contribution in [0, 0.1) is 0 Å². The molecule has 1 atom stereocenters. The van der Waals surface area contributed by atoms with Crippen LogP contribution in [-0.4, -0.2) is 57.7 Å². The van der Waals surface area contributed by atoms with Gasteiger partial charge in [-0.05, 0) is 38.0 Å². The molecule has 1 fully saturated rings. The molecule has 0 bridgehead atoms. The molecule has 0 aromatic heterocycles. The topological polar surface area (TPSA) is 78.0 Å². The highest BCUT2D eigenvalue weighted by molar-refractivity contribution is 6.30. The number of amides is 1. The zero-order valence-corrected chi connectivity index (χ0v) is 17.8. The molecule has 1 aromatic carbocycles. The monoisotopic (exact) mass is 409 g/mol. The fraction of sp³-hybridized carbons (Fsp3) is 0.600. The van der Waals surface area contributed by atoms with E-state index in [-0.39, 0.29) is 11.9 Å². The summed E-state index contributed by atoms with van der Waals surface area (Å²) in [6.45, 7) is 7.76. The van der Waals surface area contributed by atoms with Crippen LogP contribution in [0.25, 0.3) is 0 Å². The molecule has 1 unspecified atom stereocenters. The van der Waals surface area contributed by atoms with Crippen LogP contribution in [0.4, 0.5) is 5.69 Å². The number of carbonyl (C=O) groups excluding carboxylic acids is 1. The minimum atomic E-state index is 0.0431. The number of hydrogen-bond acceptors (Lipinski definition) is 4. The van der Waals surface area contributed by atoms with E-state index < -0.39 is 0 Å². The van der Waals surface area contributed by atoms with Gasteiger partial charge in [-0.3, -0.25) is 9.79 Å². The van der Waals surface area contributed by atoms with E-state index in [1.165, 1.54) is 0 Å². The second kappa shape index (κ2) is 11.6. The highest BCUT2D eigenvalue weighted by Crippen LogP contribution is 2.33. The average Bonchev–Trinajstić information content (AvgIpc) is 3.14. The Morgan fingerprint density at radius 3 is 2.89 bits per heavy atom. The van der Waals surface area contributed by atoms with E-state index in [0.717, 1.165) is 49.9 Å². The van der Waals surface area contributed by atoms with Crippen molar-refractivity contribution >= 4 is 29.2 Å². The average molecular weight is 410 g/mol. The number of nitrogens with one attached hydrogen (secondary N) is 3. The fourth-order valence-electron chi connectivity index (χ4n) is 3.14. The maximum atomic E-state index is 11.7. The quantitative estimate of drug-likeness (QED) is 0.431. The Morgan fingerprint density at radius 1 is 1.36 bits per heavy atom. The smallest absolute Gasteiger partial charge is 0.221 e. The molecular formula is C20H32ClN5O2. The van der Waals surface area contributed by atoms with E-state index in [4.69, 9.17) is 16.3 Å². The third-order valence-electron chi connectivity index (χ3n) is 4.54. The largest absolute Gasteiger partial charge is 0.495 e. The fourth-order valence-corrected chi connectivity index (χ4v) is 3.31. The van der Waals surface area contributed by atoms with Gasteiger partial charge in [-0.2, -0.15) is 0 Å². The highest BCUT2D eigenvalue weighted by atomic mass is 35.5. The standard InChI is InChI=1S/C20H32ClN5O2/c1-4-10-23-19(27)8-11-24-20(22-5-2)25-16-9-12-26(14-16)17-13-15(21)6-7-18(17)28-3/h6-7,13,16H,4-5,8-12,14H2,1-3H3,(H,23,27)(H2,22,24,25). The first-order valence-electron chi connectivity index (χ1n) is 9.97. The summed E-state index contributed by atoms with van der Waals surface area (Å²) in [5.74, 6) is 1.61. The van der Waals surface area contributed by atoms with E-state index in [0.29, 0.717) is 24.5 Å². The van der Waals surface area contributed by atoms with Crippen molar-refractivity contribution in [2.75, 3.05) is 44.7 Å². The number of hydrogen-bond donors (Lipinski definition) is 3. The minimum Gasteiger partial charge on any atom is -0.495 e. The molecular weight excluding hydrogens is 378 g/mol. The molecule has 1 saturated heterocycles. The third kappa shape index (κ3) is 6.78. The lowest BCUT2D eigenvalue weighted by atomic mass is 10.2. The molecule has 0 aliphatic carbocycles. The molecule has 0 saturated carbocycles. The van der Waals surface area contributed by atoms with Crippen molar-refractivity contribution < 1.29 is 9.53 Å². The molecule has 0 radical (unpaired) electrons. The SMILES string of the molecule is CCCNC(=O)CCN=C(NCC)NC1CCN(c2cc(Cl)ccc2OC)C1. The summed E-state index contributed by atoms with van der Waals surface area (Å²) < 4.78 is 5.48. The van der Waals surface area contributed by atoms with Crippen LogP contribution in [0.1, 0.15) is 33.1 Å². The third-order valence-corrected chi connectivity index (χ3v) is 4.77. The number of benzene rings is 1. The molecule has 1 aliphatic rings. The first-order valence-corrected chi connectivity index (χ1v) is 10.3. The number of nitrogens with zero attached hydrogens (tertiary/aromatic N) is 2. The molecule has 3 N–H and O–H groups in total. The Kier molecular flexibility index (Phi) is 9.20. The number of methoxy groups -OCH3 is 1. The minimum absolute atomic E-state index is 0.0431. The predicted molar refractivity (Wildman–Crippen MR) is 116 cm³/mol. The second-order valence-corrected chi connectivity index (χ2v) is 7.19. The van der Waals surface area contributed by atoms with Crippen LogP contribution in [0.2, 0.25) is 5.02 Å². The van der Waals surface area contributed by atoms with Crippen LogP contribution in [0.5, 0.6) is 5.75 Å². The van der Waals surface area contributed by atoms with Crippen molar-refractivity contribution in [3.63, 3.8) is 0 Å². The summed E-state index contributed by atoms with van der Waals surface area (Å²) in [7, 11) is 1.67. The van der Waals surface area contributed by atoms with Crippen LogP contribution < -0.4 is 25.6 Å². The number of ether oxygens (including phenoxy) is 1. The summed E-state index contributed by atoms with van der Waals surface area (Å²) in [6, 6.07) is 5.93. The molecule has 156 valence electrons. The van der Waals surface area contributed by atoms with Crippen molar-refractivity contribution in [1.82, 2.24) is 16.0 Å². The van der Waals surface area contributed by atoms with Gasteiger partial charge in [-0.25, -0.2) is 0 Å². The van der Waals surface area contributed by atoms with E-state index >= 15 is 0 Å². The van der Waals surface area contributed by atoms with Crippen LogP contribution in [0.15, 0.2) is 23.2 Å². The van der Waals surface area contributed by atoms with Gasteiger partial charge in [0.2, 0.25) is 5.91 Å². The first kappa shape index (κ1) is 22.1. The maximum absolute atomic E-state index is 11.7. The Labute approximate surface area is 172 Å². The van der Waals surface area contributed by atoms with E-state index in [9.17, 15) is 4.79 Å². The van der Waals surface area contributed by atoms with Crippen molar-refractivity contribution in [1.29, 1.82) is 0 Å². The molecule has 28 heavy (non-hydrogen) atoms. The van der Waals surface area contributed by atoms with Crippen molar-refractivity contribution in [3.8, 4) is 5.75 Å². The van der Waals surface area contributed by atoms with Crippen molar-refractivity contribution in [3.05, 3.63) is 23.2 Å². The number of aliphatic imine (C=N–C) groups is 1. The van der Waals surface area contributed by atoms with Gasteiger partial charge in [0.15, 0.2) is 5.96 Å². The highest BCUT2D eigenvalue weighted by Gasteiger charge is 2.25. The zero-order valence-electron chi connectivity index (χ0n) is 17.1. The predicted octanol–water partition coefficient (Wildman–Crippen LogP) is 2.40. The van der Waals surface area contributed by atoms with Crippen LogP contribution in [-0.2, 0) is 4.79 Å². The number of rotatable bonds is 9. The molecule has 0 spiro atoms. The maximum Gasteiger partial charge on any atom is 0.221 e. The summed E-state index contributed by atoms with van der Waals surface area (Å²) >= 11 is 6.17. The van der Waals surface area contributed by atoms with Gasteiger partial charge in [0, 0.05) is 43.7 Å². The van der Waals surface area contributed by atoms with E-state index in [2.05, 4.69) is 25.8 Å². The van der Waals surface area contributed by atoms with Crippen LogP contribution in [0.3, 0.4) is 0 Å². The number of anilines is 1. The summed E-state index contributed by atoms with van der Waals surface area (Å²) in [4.78, 5) is 18.5. The van der Waals surface area contributed by atoms with E-state index in [1.807, 2.05) is 32.0 Å². The second-order valence-electron chi connectivity index (χ2n) is 6.75. The van der Waals surface area contributed by atoms with Gasteiger partial charge in [0.05, 0.1) is 19.3 Å². The van der Waals surface area contributed by atoms with Gasteiger partial charge in [-0.1, -0.05) is 18.5 Å². The molecule has 1 aliphatic heterocycles. The van der Waals surface area contributed by atoms with E-state index in [1.54, 1.807) is 7.11 Å². The number of halogens is 1. The Morgan fingerprint density at radius 2 is 2.18 bits per heavy atom. The lowest BCUT2D eigenvalue weighted by Gasteiger charge is -2.22. The first-order chi connectivity index (χ1) is 13.6. The molecule has 1 heterocycles. The lowest BCUT2D eigenvalue weighted by molar-refractivity contribution is -0.120. The van der Waals surface area contributed by atoms with Gasteiger partial charge in [0.25, 0.3) is 0 Å². The van der Waals surface area contributed by atoms with Gasteiger partial charge < -0.3 is 25.6 Å². The summed E-state index contributed by atoms with van der Waals surface area (Å²) in [5.41, 5.74) is 1.01. The Balaban J connectivity index is 1.91. The Bertz CT molecular complexity index is 668.